The smallest absolute Gasteiger partial charge is 0.146 e. The summed E-state index contributed by atoms with van der Waals surface area (Å²) >= 11 is 3.44. The average Bonchev–Trinajstić information content (AvgIpc) is 2.57. The zero-order valence-corrected chi connectivity index (χ0v) is 9.75. The van der Waals surface area contributed by atoms with E-state index >= 15 is 0 Å². The molecule has 1 aliphatic heterocycles. The average molecular weight is 264 g/mol. The third-order valence-corrected chi connectivity index (χ3v) is 3.57. The number of benzene rings is 1. The van der Waals surface area contributed by atoms with Crippen molar-refractivity contribution in [2.75, 3.05) is 0 Å². The van der Waals surface area contributed by atoms with E-state index in [1.807, 2.05) is 18.2 Å². The van der Waals surface area contributed by atoms with Gasteiger partial charge in [0, 0.05) is 16.6 Å². The quantitative estimate of drug-likeness (QED) is 0.706. The van der Waals surface area contributed by atoms with Gasteiger partial charge in [-0.3, -0.25) is 9.79 Å². The van der Waals surface area contributed by atoms with Crippen LogP contribution in [0.5, 0.6) is 0 Å². The van der Waals surface area contributed by atoms with E-state index in [4.69, 9.17) is 0 Å². The summed E-state index contributed by atoms with van der Waals surface area (Å²) in [6.07, 6.45) is 2.64. The van der Waals surface area contributed by atoms with Crippen LogP contribution in [0.2, 0.25) is 0 Å². The number of carbonyl (C=O) groups is 1. The Kier molecular flexibility index (Phi) is 2.02. The Labute approximate surface area is 96.5 Å². The van der Waals surface area contributed by atoms with Gasteiger partial charge in [-0.25, -0.2) is 0 Å². The molecule has 0 amide bonds. The molecule has 1 aromatic carbocycles. The molecule has 1 saturated carbocycles. The molecule has 2 aliphatic rings. The minimum Gasteiger partial charge on any atom is -0.299 e. The van der Waals surface area contributed by atoms with Crippen LogP contribution < -0.4 is 0 Å². The first-order valence-corrected chi connectivity index (χ1v) is 5.94. The maximum absolute atomic E-state index is 11.9. The first-order chi connectivity index (χ1) is 7.25. The van der Waals surface area contributed by atoms with Crippen LogP contribution in [0.25, 0.3) is 0 Å². The van der Waals surface area contributed by atoms with Gasteiger partial charge in [0.15, 0.2) is 0 Å². The first-order valence-electron chi connectivity index (χ1n) is 5.15. The molecular weight excluding hydrogens is 254 g/mol. The monoisotopic (exact) mass is 263 g/mol. The van der Waals surface area contributed by atoms with Crippen molar-refractivity contribution in [3.63, 3.8) is 0 Å². The number of rotatable bonds is 0. The number of nitrogens with zero attached hydrogens (tertiary/aromatic N) is 1. The Bertz CT molecular complexity index is 479. The Hall–Kier alpha value is -0.960. The zero-order valence-electron chi connectivity index (χ0n) is 8.16. The summed E-state index contributed by atoms with van der Waals surface area (Å²) in [5.41, 5.74) is 3.14. The van der Waals surface area contributed by atoms with E-state index in [9.17, 15) is 4.79 Å². The van der Waals surface area contributed by atoms with Gasteiger partial charge in [0.25, 0.3) is 0 Å². The molecule has 2 nitrogen and oxygen atoms in total. The first kappa shape index (κ1) is 9.28. The van der Waals surface area contributed by atoms with Gasteiger partial charge in [-0.15, -0.1) is 0 Å². The van der Waals surface area contributed by atoms with Crippen molar-refractivity contribution in [2.45, 2.75) is 25.2 Å². The van der Waals surface area contributed by atoms with Crippen LogP contribution in [0.4, 0.5) is 5.69 Å². The largest absolute Gasteiger partial charge is 0.299 e. The van der Waals surface area contributed by atoms with Crippen LogP contribution in [0.1, 0.15) is 30.7 Å². The number of hydrogen-bond acceptors (Lipinski definition) is 2. The lowest BCUT2D eigenvalue weighted by atomic mass is 9.83. The molecule has 0 spiro atoms. The highest BCUT2D eigenvalue weighted by atomic mass is 79.9. The minimum absolute atomic E-state index is 0.0359. The third kappa shape index (κ3) is 1.37. The SMILES string of the molecule is O=C1CCCC2=Nc3ccc(Br)cc3C12. The third-order valence-electron chi connectivity index (χ3n) is 3.08. The van der Waals surface area contributed by atoms with E-state index in [2.05, 4.69) is 20.9 Å². The lowest BCUT2D eigenvalue weighted by molar-refractivity contribution is -0.119. The number of ketones is 1. The summed E-state index contributed by atoms with van der Waals surface area (Å²) in [4.78, 5) is 16.4. The lowest BCUT2D eigenvalue weighted by Crippen LogP contribution is -2.23. The molecule has 1 aromatic rings. The van der Waals surface area contributed by atoms with Crippen molar-refractivity contribution in [2.24, 2.45) is 4.99 Å². The summed E-state index contributed by atoms with van der Waals surface area (Å²) in [5, 5.41) is 0. The molecule has 3 rings (SSSR count). The second kappa shape index (κ2) is 3.27. The molecule has 76 valence electrons. The molecule has 3 heteroatoms. The Morgan fingerprint density at radius 1 is 1.33 bits per heavy atom. The van der Waals surface area contributed by atoms with Gasteiger partial charge in [0.2, 0.25) is 0 Å². The highest BCUT2D eigenvalue weighted by molar-refractivity contribution is 9.10. The van der Waals surface area contributed by atoms with Gasteiger partial charge in [-0.2, -0.15) is 0 Å². The fourth-order valence-electron chi connectivity index (χ4n) is 2.40. The Balaban J connectivity index is 2.15. The molecule has 15 heavy (non-hydrogen) atoms. The summed E-state index contributed by atoms with van der Waals surface area (Å²) in [5.74, 6) is 0.295. The van der Waals surface area contributed by atoms with Crippen LogP contribution in [0.15, 0.2) is 27.7 Å². The van der Waals surface area contributed by atoms with E-state index in [-0.39, 0.29) is 5.92 Å². The topological polar surface area (TPSA) is 29.4 Å². The number of aliphatic imine (C=N–C) groups is 1. The van der Waals surface area contributed by atoms with Crippen molar-refractivity contribution < 1.29 is 4.79 Å². The van der Waals surface area contributed by atoms with Crippen molar-refractivity contribution in [1.82, 2.24) is 0 Å². The normalized spacial score (nSPS) is 23.4. The van der Waals surface area contributed by atoms with Crippen LogP contribution in [-0.2, 0) is 4.79 Å². The van der Waals surface area contributed by atoms with Gasteiger partial charge >= 0.3 is 0 Å². The van der Waals surface area contributed by atoms with E-state index in [1.165, 1.54) is 0 Å². The molecule has 0 N–H and O–H groups in total. The summed E-state index contributed by atoms with van der Waals surface area (Å²) in [7, 11) is 0. The summed E-state index contributed by atoms with van der Waals surface area (Å²) in [6, 6.07) is 5.99. The maximum Gasteiger partial charge on any atom is 0.146 e. The predicted molar refractivity (Wildman–Crippen MR) is 62.8 cm³/mol. The maximum atomic E-state index is 11.9. The predicted octanol–water partition coefficient (Wildman–Crippen LogP) is 3.37. The molecule has 1 heterocycles. The van der Waals surface area contributed by atoms with Crippen molar-refractivity contribution in [3.05, 3.63) is 28.2 Å². The summed E-state index contributed by atoms with van der Waals surface area (Å²) in [6.45, 7) is 0. The number of carbonyl (C=O) groups excluding carboxylic acids is 1. The molecule has 1 atom stereocenters. The zero-order chi connectivity index (χ0) is 10.4. The van der Waals surface area contributed by atoms with E-state index in [1.54, 1.807) is 0 Å². The Morgan fingerprint density at radius 3 is 3.07 bits per heavy atom. The van der Waals surface area contributed by atoms with Crippen molar-refractivity contribution in [3.8, 4) is 0 Å². The standard InChI is InChI=1S/C12H10BrNO/c13-7-4-5-9-8(6-7)12-10(14-9)2-1-3-11(12)15/h4-6,12H,1-3H2. The molecule has 1 fully saturated rings. The number of fused-ring (bicyclic) bond motifs is 3. The van der Waals surface area contributed by atoms with Crippen molar-refractivity contribution in [1.29, 1.82) is 0 Å². The van der Waals surface area contributed by atoms with E-state index < -0.39 is 0 Å². The molecule has 0 radical (unpaired) electrons. The minimum atomic E-state index is -0.0359. The van der Waals surface area contributed by atoms with E-state index in [0.717, 1.165) is 34.3 Å². The highest BCUT2D eigenvalue weighted by Crippen LogP contribution is 2.41. The molecule has 0 bridgehead atoms. The molecular formula is C12H10BrNO. The van der Waals surface area contributed by atoms with Gasteiger partial charge in [0.1, 0.15) is 5.78 Å². The molecule has 1 aliphatic carbocycles. The van der Waals surface area contributed by atoms with Gasteiger partial charge in [0.05, 0.1) is 11.6 Å². The van der Waals surface area contributed by atoms with Gasteiger partial charge in [-0.05, 0) is 36.6 Å². The number of halogens is 1. The number of Topliss-reactive ketones (excluding diaryl/α,β-unsaturated/α-hetero) is 1. The molecule has 0 aromatic heterocycles. The van der Waals surface area contributed by atoms with Crippen LogP contribution in [-0.4, -0.2) is 11.5 Å². The Morgan fingerprint density at radius 2 is 2.20 bits per heavy atom. The second-order valence-corrected chi connectivity index (χ2v) is 4.97. The van der Waals surface area contributed by atoms with Crippen LogP contribution >= 0.6 is 15.9 Å². The molecule has 0 saturated heterocycles. The van der Waals surface area contributed by atoms with E-state index in [0.29, 0.717) is 12.2 Å². The van der Waals surface area contributed by atoms with Crippen molar-refractivity contribution >= 4 is 33.1 Å². The summed E-state index contributed by atoms with van der Waals surface area (Å²) < 4.78 is 1.02. The lowest BCUT2D eigenvalue weighted by Gasteiger charge is -2.18. The highest BCUT2D eigenvalue weighted by Gasteiger charge is 2.35. The fourth-order valence-corrected chi connectivity index (χ4v) is 2.78. The van der Waals surface area contributed by atoms with Gasteiger partial charge < -0.3 is 0 Å². The second-order valence-electron chi connectivity index (χ2n) is 4.06. The van der Waals surface area contributed by atoms with Crippen LogP contribution in [0.3, 0.4) is 0 Å². The fraction of sp³-hybridized carbons (Fsp3) is 0.333. The number of hydrogen-bond donors (Lipinski definition) is 0. The molecule has 1 unspecified atom stereocenters. The van der Waals surface area contributed by atoms with Gasteiger partial charge in [-0.1, -0.05) is 15.9 Å². The van der Waals surface area contributed by atoms with Crippen LogP contribution in [0, 0.1) is 0 Å².